The molecule has 146 valence electrons. The maximum absolute atomic E-state index is 12.7. The first-order valence-corrected chi connectivity index (χ1v) is 9.95. The van der Waals surface area contributed by atoms with Gasteiger partial charge in [0.15, 0.2) is 0 Å². The van der Waals surface area contributed by atoms with Crippen LogP contribution in [0.1, 0.15) is 23.1 Å². The number of carbonyl (C=O) groups is 1. The number of nitrogens with zero attached hydrogens (tertiary/aromatic N) is 1. The van der Waals surface area contributed by atoms with Gasteiger partial charge in [0, 0.05) is 13.0 Å². The van der Waals surface area contributed by atoms with Gasteiger partial charge in [-0.05, 0) is 27.8 Å². The minimum absolute atomic E-state index is 0.307. The van der Waals surface area contributed by atoms with Crippen molar-refractivity contribution in [2.24, 2.45) is 0 Å². The van der Waals surface area contributed by atoms with E-state index in [4.69, 9.17) is 4.74 Å². The third kappa shape index (κ3) is 2.49. The van der Waals surface area contributed by atoms with E-state index in [9.17, 15) is 9.90 Å². The Labute approximate surface area is 170 Å². The molecule has 0 unspecified atom stereocenters. The van der Waals surface area contributed by atoms with Gasteiger partial charge in [0.05, 0.1) is 18.8 Å². The number of benzene rings is 3. The lowest BCUT2D eigenvalue weighted by molar-refractivity contribution is -0.147. The van der Waals surface area contributed by atoms with Gasteiger partial charge in [-0.15, -0.1) is 0 Å². The molecule has 2 aliphatic rings. The van der Waals surface area contributed by atoms with Gasteiger partial charge in [0.25, 0.3) is 0 Å². The predicted molar refractivity (Wildman–Crippen MR) is 111 cm³/mol. The highest BCUT2D eigenvalue weighted by Gasteiger charge is 2.55. The number of fused-ring (bicyclic) bond motifs is 3. The van der Waals surface area contributed by atoms with E-state index in [1.54, 1.807) is 0 Å². The van der Waals surface area contributed by atoms with Crippen LogP contribution < -0.4 is 0 Å². The summed E-state index contributed by atoms with van der Waals surface area (Å²) in [5.41, 5.74) is 5.02. The van der Waals surface area contributed by atoms with Gasteiger partial charge in [-0.25, -0.2) is 0 Å². The van der Waals surface area contributed by atoms with Crippen LogP contribution in [0.4, 0.5) is 0 Å². The van der Waals surface area contributed by atoms with E-state index in [-0.39, 0.29) is 5.97 Å². The molecule has 3 aromatic rings. The Morgan fingerprint density at radius 1 is 0.931 bits per heavy atom. The van der Waals surface area contributed by atoms with E-state index in [1.807, 2.05) is 42.5 Å². The summed E-state index contributed by atoms with van der Waals surface area (Å²) in [7, 11) is 1.41. The SMILES string of the molecule is COC(=O)[C@@H]1C[C@@H](O)CN1C1(c2ccccc2)c2ccccc2-c2ccccc21. The van der Waals surface area contributed by atoms with Gasteiger partial charge >= 0.3 is 5.97 Å². The molecule has 0 amide bonds. The number of methoxy groups -OCH3 is 1. The highest BCUT2D eigenvalue weighted by Crippen LogP contribution is 2.55. The molecule has 1 fully saturated rings. The Bertz CT molecular complexity index is 1020. The second-order valence-corrected chi connectivity index (χ2v) is 7.75. The highest BCUT2D eigenvalue weighted by molar-refractivity contribution is 5.84. The molecule has 0 radical (unpaired) electrons. The maximum Gasteiger partial charge on any atom is 0.323 e. The number of likely N-dealkylation sites (tertiary alicyclic amines) is 1. The van der Waals surface area contributed by atoms with Crippen LogP contribution in [0.3, 0.4) is 0 Å². The van der Waals surface area contributed by atoms with Gasteiger partial charge < -0.3 is 9.84 Å². The van der Waals surface area contributed by atoms with Crippen LogP contribution in [0.25, 0.3) is 11.1 Å². The predicted octanol–water partition coefficient (Wildman–Crippen LogP) is 3.57. The van der Waals surface area contributed by atoms with Gasteiger partial charge in [-0.3, -0.25) is 9.69 Å². The van der Waals surface area contributed by atoms with Crippen LogP contribution >= 0.6 is 0 Å². The third-order valence-corrected chi connectivity index (χ3v) is 6.30. The molecule has 1 aliphatic carbocycles. The normalized spacial score (nSPS) is 22.1. The lowest BCUT2D eigenvalue weighted by Gasteiger charge is -2.43. The molecule has 0 saturated carbocycles. The molecule has 5 rings (SSSR count). The fourth-order valence-electron chi connectivity index (χ4n) is 5.22. The van der Waals surface area contributed by atoms with E-state index in [0.29, 0.717) is 13.0 Å². The number of carbonyl (C=O) groups excluding carboxylic acids is 1. The van der Waals surface area contributed by atoms with E-state index >= 15 is 0 Å². The van der Waals surface area contributed by atoms with Crippen molar-refractivity contribution in [1.29, 1.82) is 0 Å². The Balaban J connectivity index is 1.86. The van der Waals surface area contributed by atoms with Gasteiger partial charge in [-0.1, -0.05) is 78.9 Å². The summed E-state index contributed by atoms with van der Waals surface area (Å²) in [5, 5.41) is 10.6. The Kier molecular flexibility index (Phi) is 4.26. The summed E-state index contributed by atoms with van der Waals surface area (Å²) in [6.07, 6.45) is -0.217. The molecule has 1 saturated heterocycles. The third-order valence-electron chi connectivity index (χ3n) is 6.30. The topological polar surface area (TPSA) is 49.8 Å². The standard InChI is InChI=1S/C25H23NO3/c1-29-24(28)23-15-18(27)16-26(23)25(17-9-3-2-4-10-17)21-13-7-5-11-19(21)20-12-6-8-14-22(20)25/h2-14,18,23,27H,15-16H2,1H3/t18-,23+/m1/s1. The molecule has 1 aliphatic heterocycles. The van der Waals surface area contributed by atoms with Crippen molar-refractivity contribution in [3.8, 4) is 11.1 Å². The summed E-state index contributed by atoms with van der Waals surface area (Å²) in [6.45, 7) is 0.400. The molecule has 0 aromatic heterocycles. The number of β-amino-alcohol motifs (C(OH)–C–C–N with tert-alkyl or cyclic N) is 1. The van der Waals surface area contributed by atoms with Crippen molar-refractivity contribution < 1.29 is 14.6 Å². The lowest BCUT2D eigenvalue weighted by atomic mass is 9.78. The van der Waals surface area contributed by atoms with Crippen molar-refractivity contribution in [2.75, 3.05) is 13.7 Å². The van der Waals surface area contributed by atoms with E-state index in [2.05, 4.69) is 41.3 Å². The molecule has 1 N–H and O–H groups in total. The zero-order valence-corrected chi connectivity index (χ0v) is 16.3. The first-order valence-electron chi connectivity index (χ1n) is 9.95. The minimum atomic E-state index is -0.662. The number of aliphatic hydroxyl groups is 1. The van der Waals surface area contributed by atoms with Crippen molar-refractivity contribution in [2.45, 2.75) is 24.1 Å². The van der Waals surface area contributed by atoms with Crippen molar-refractivity contribution >= 4 is 5.97 Å². The van der Waals surface area contributed by atoms with Crippen LogP contribution in [-0.2, 0) is 15.1 Å². The van der Waals surface area contributed by atoms with E-state index in [1.165, 1.54) is 7.11 Å². The van der Waals surface area contributed by atoms with Gasteiger partial charge in [-0.2, -0.15) is 0 Å². The fourth-order valence-corrected chi connectivity index (χ4v) is 5.22. The molecular formula is C25H23NO3. The number of rotatable bonds is 3. The molecule has 1 heterocycles. The second-order valence-electron chi connectivity index (χ2n) is 7.75. The average Bonchev–Trinajstić information content (AvgIpc) is 3.30. The van der Waals surface area contributed by atoms with Crippen molar-refractivity contribution in [1.82, 2.24) is 4.90 Å². The molecule has 2 atom stereocenters. The zero-order valence-electron chi connectivity index (χ0n) is 16.3. The van der Waals surface area contributed by atoms with Crippen LogP contribution in [0.5, 0.6) is 0 Å². The quantitative estimate of drug-likeness (QED) is 0.701. The van der Waals surface area contributed by atoms with Crippen LogP contribution in [0, 0.1) is 0 Å². The molecule has 4 heteroatoms. The van der Waals surface area contributed by atoms with Crippen LogP contribution in [0.15, 0.2) is 78.9 Å². The average molecular weight is 385 g/mol. The highest BCUT2D eigenvalue weighted by atomic mass is 16.5. The smallest absolute Gasteiger partial charge is 0.323 e. The fraction of sp³-hybridized carbons (Fsp3) is 0.240. The number of hydrogen-bond donors (Lipinski definition) is 1. The summed E-state index contributed by atoms with van der Waals surface area (Å²) in [5.74, 6) is -0.307. The minimum Gasteiger partial charge on any atom is -0.468 e. The summed E-state index contributed by atoms with van der Waals surface area (Å²) >= 11 is 0. The largest absolute Gasteiger partial charge is 0.468 e. The summed E-state index contributed by atoms with van der Waals surface area (Å²) in [4.78, 5) is 14.9. The monoisotopic (exact) mass is 385 g/mol. The van der Waals surface area contributed by atoms with Gasteiger partial charge in [0.1, 0.15) is 6.04 Å². The Morgan fingerprint density at radius 3 is 2.07 bits per heavy atom. The summed E-state index contributed by atoms with van der Waals surface area (Å²) in [6, 6.07) is 26.5. The van der Waals surface area contributed by atoms with Crippen molar-refractivity contribution in [3.05, 3.63) is 95.6 Å². The molecule has 0 spiro atoms. The Hall–Kier alpha value is -2.95. The molecule has 29 heavy (non-hydrogen) atoms. The molecule has 4 nitrogen and oxygen atoms in total. The molecule has 0 bridgehead atoms. The first-order chi connectivity index (χ1) is 14.2. The molecular weight excluding hydrogens is 362 g/mol. The summed E-state index contributed by atoms with van der Waals surface area (Å²) < 4.78 is 5.14. The maximum atomic E-state index is 12.7. The van der Waals surface area contributed by atoms with Crippen molar-refractivity contribution in [3.63, 3.8) is 0 Å². The second kappa shape index (κ2) is 6.83. The number of hydrogen-bond acceptors (Lipinski definition) is 4. The zero-order chi connectivity index (χ0) is 20.0. The number of aliphatic hydroxyl groups excluding tert-OH is 1. The first kappa shape index (κ1) is 18.1. The van der Waals surface area contributed by atoms with Gasteiger partial charge in [0.2, 0.25) is 0 Å². The van der Waals surface area contributed by atoms with E-state index in [0.717, 1.165) is 27.8 Å². The van der Waals surface area contributed by atoms with E-state index < -0.39 is 17.7 Å². The number of esters is 1. The Morgan fingerprint density at radius 2 is 1.48 bits per heavy atom. The van der Waals surface area contributed by atoms with Crippen LogP contribution in [-0.4, -0.2) is 41.8 Å². The van der Waals surface area contributed by atoms with Crippen LogP contribution in [0.2, 0.25) is 0 Å². The number of ether oxygens (including phenoxy) is 1. The molecule has 3 aromatic carbocycles. The lowest BCUT2D eigenvalue weighted by Crippen LogP contribution is -2.52.